The zero-order chi connectivity index (χ0) is 38.7. The van der Waals surface area contributed by atoms with Crippen molar-refractivity contribution in [2.45, 2.75) is 19.3 Å². The van der Waals surface area contributed by atoms with Crippen LogP contribution in [0.1, 0.15) is 36.1 Å². The predicted molar refractivity (Wildman–Crippen MR) is 235 cm³/mol. The average Bonchev–Trinajstić information content (AvgIpc) is 3.51. The Kier molecular flexibility index (Phi) is 7.89. The molecule has 57 heavy (non-hydrogen) atoms. The molecule has 0 unspecified atom stereocenters. The zero-order valence-corrected chi connectivity index (χ0v) is 31.6. The van der Waals surface area contributed by atoms with Gasteiger partial charge in [-0.05, 0) is 116 Å². The van der Waals surface area contributed by atoms with Crippen LogP contribution in [0.3, 0.4) is 0 Å². The third-order valence-corrected chi connectivity index (χ3v) is 11.6. The first kappa shape index (κ1) is 33.9. The molecule has 1 aliphatic carbocycles. The molecule has 9 aromatic carbocycles. The maximum absolute atomic E-state index is 10.3. The Morgan fingerprint density at radius 3 is 1.49 bits per heavy atom. The number of para-hydroxylation sites is 4. The van der Waals surface area contributed by atoms with Crippen LogP contribution < -0.4 is 9.80 Å². The number of anilines is 6. The highest BCUT2D eigenvalue weighted by molar-refractivity contribution is 6.23. The van der Waals surface area contributed by atoms with E-state index in [9.17, 15) is 10.5 Å². The first-order chi connectivity index (χ1) is 28.0. The van der Waals surface area contributed by atoms with Crippen molar-refractivity contribution in [1.29, 1.82) is 10.5 Å². The third-order valence-electron chi connectivity index (χ3n) is 11.6. The number of nitrogens with zero attached hydrogens (tertiary/aromatic N) is 4. The minimum absolute atomic E-state index is 0.392. The Hall–Kier alpha value is -7.66. The van der Waals surface area contributed by atoms with Crippen LogP contribution in [0.25, 0.3) is 43.4 Å². The van der Waals surface area contributed by atoms with Gasteiger partial charge in [-0.15, -0.1) is 0 Å². The molecule has 0 fully saturated rings. The summed E-state index contributed by atoms with van der Waals surface area (Å²) in [6.45, 7) is 4.71. The maximum atomic E-state index is 10.3. The maximum Gasteiger partial charge on any atom is 0.101 e. The van der Waals surface area contributed by atoms with E-state index in [0.29, 0.717) is 11.1 Å². The number of benzene rings is 9. The molecule has 9 aromatic rings. The van der Waals surface area contributed by atoms with E-state index in [0.717, 1.165) is 44.9 Å². The summed E-state index contributed by atoms with van der Waals surface area (Å²) in [7, 11) is 0. The fourth-order valence-electron chi connectivity index (χ4n) is 9.18. The highest BCUT2D eigenvalue weighted by Gasteiger charge is 2.41. The summed E-state index contributed by atoms with van der Waals surface area (Å²) in [6, 6.07) is 67.9. The van der Waals surface area contributed by atoms with Gasteiger partial charge in [-0.1, -0.05) is 129 Å². The fraction of sp³-hybridized carbons (Fsp3) is 0.0566. The Morgan fingerprint density at radius 2 is 0.877 bits per heavy atom. The molecule has 0 saturated heterocycles. The van der Waals surface area contributed by atoms with Crippen LogP contribution in [-0.2, 0) is 5.41 Å². The second-order valence-corrected chi connectivity index (χ2v) is 15.1. The molecule has 4 heteroatoms. The van der Waals surface area contributed by atoms with Gasteiger partial charge < -0.3 is 9.80 Å². The molecule has 0 N–H and O–H groups in total. The van der Waals surface area contributed by atoms with Crippen molar-refractivity contribution >= 4 is 66.4 Å². The van der Waals surface area contributed by atoms with Crippen LogP contribution in [-0.4, -0.2) is 0 Å². The molecule has 0 aliphatic heterocycles. The molecule has 10 rings (SSSR count). The van der Waals surface area contributed by atoms with E-state index in [1.165, 1.54) is 43.8 Å². The van der Waals surface area contributed by atoms with Crippen LogP contribution in [0.5, 0.6) is 0 Å². The highest BCUT2D eigenvalue weighted by atomic mass is 15.2. The molecule has 0 spiro atoms. The van der Waals surface area contributed by atoms with Crippen LogP contribution in [0.15, 0.2) is 182 Å². The fourth-order valence-corrected chi connectivity index (χ4v) is 9.18. The quantitative estimate of drug-likeness (QED) is 0.160. The van der Waals surface area contributed by atoms with E-state index in [1.54, 1.807) is 0 Å². The third kappa shape index (κ3) is 5.20. The minimum Gasteiger partial charge on any atom is -0.309 e. The van der Waals surface area contributed by atoms with E-state index in [1.807, 2.05) is 72.8 Å². The Bertz CT molecular complexity index is 3130. The predicted octanol–water partition coefficient (Wildman–Crippen LogP) is 14.1. The van der Waals surface area contributed by atoms with Crippen molar-refractivity contribution in [2.75, 3.05) is 9.80 Å². The average molecular weight is 729 g/mol. The lowest BCUT2D eigenvalue weighted by atomic mass is 9.79. The van der Waals surface area contributed by atoms with Gasteiger partial charge in [-0.25, -0.2) is 0 Å². The van der Waals surface area contributed by atoms with E-state index in [-0.39, 0.29) is 0 Å². The number of nitriles is 2. The normalized spacial score (nSPS) is 12.5. The number of hydrogen-bond donors (Lipinski definition) is 0. The molecule has 0 heterocycles. The number of rotatable bonds is 6. The van der Waals surface area contributed by atoms with Gasteiger partial charge in [0.15, 0.2) is 0 Å². The molecule has 0 atom stereocenters. The van der Waals surface area contributed by atoms with Crippen molar-refractivity contribution in [3.05, 3.63) is 204 Å². The minimum atomic E-state index is -0.392. The van der Waals surface area contributed by atoms with E-state index < -0.39 is 5.41 Å². The van der Waals surface area contributed by atoms with Crippen molar-refractivity contribution in [1.82, 2.24) is 0 Å². The van der Waals surface area contributed by atoms with Gasteiger partial charge in [0.2, 0.25) is 0 Å². The van der Waals surface area contributed by atoms with E-state index in [4.69, 9.17) is 0 Å². The topological polar surface area (TPSA) is 54.1 Å². The van der Waals surface area contributed by atoms with Gasteiger partial charge in [-0.3, -0.25) is 0 Å². The first-order valence-corrected chi connectivity index (χ1v) is 19.2. The first-order valence-electron chi connectivity index (χ1n) is 19.2. The van der Waals surface area contributed by atoms with Crippen molar-refractivity contribution in [3.8, 4) is 23.3 Å². The van der Waals surface area contributed by atoms with Gasteiger partial charge >= 0.3 is 0 Å². The van der Waals surface area contributed by atoms with Gasteiger partial charge in [-0.2, -0.15) is 10.5 Å². The summed E-state index contributed by atoms with van der Waals surface area (Å²) >= 11 is 0. The Morgan fingerprint density at radius 1 is 0.386 bits per heavy atom. The standard InChI is InChI=1S/C53H36N4/c1-53(2)46-32-49(57(38-21-7-4-8-22-38)48-28-16-10-18-36(48)34-55)41-24-12-14-26-43(41)50(46)51-42-25-13-11-23-40(42)45-31-39(29-30-44(45)52(51)53)56(37-19-5-3-6-20-37)47-27-15-9-17-35(47)33-54/h3-32H,1-2H3. The molecule has 0 bridgehead atoms. The Balaban J connectivity index is 1.27. The summed E-state index contributed by atoms with van der Waals surface area (Å²) in [5.74, 6) is 0. The second kappa shape index (κ2) is 13.3. The van der Waals surface area contributed by atoms with E-state index >= 15 is 0 Å². The lowest BCUT2D eigenvalue weighted by molar-refractivity contribution is 0.667. The summed E-state index contributed by atoms with van der Waals surface area (Å²) in [5, 5.41) is 27.6. The summed E-state index contributed by atoms with van der Waals surface area (Å²) in [4.78, 5) is 4.44. The van der Waals surface area contributed by atoms with Crippen LogP contribution in [0, 0.1) is 22.7 Å². The molecular weight excluding hydrogens is 693 g/mol. The molecule has 268 valence electrons. The molecule has 0 amide bonds. The molecule has 4 nitrogen and oxygen atoms in total. The molecular formula is C53H36N4. The lowest BCUT2D eigenvalue weighted by Crippen LogP contribution is -2.18. The molecule has 0 saturated carbocycles. The zero-order valence-electron chi connectivity index (χ0n) is 31.6. The molecule has 0 aromatic heterocycles. The highest BCUT2D eigenvalue weighted by Crippen LogP contribution is 2.59. The van der Waals surface area contributed by atoms with Crippen LogP contribution in [0.2, 0.25) is 0 Å². The smallest absolute Gasteiger partial charge is 0.101 e. The van der Waals surface area contributed by atoms with Crippen molar-refractivity contribution in [3.63, 3.8) is 0 Å². The van der Waals surface area contributed by atoms with Gasteiger partial charge in [0.1, 0.15) is 12.1 Å². The SMILES string of the molecule is CC1(C)c2cc(N(c3ccccc3)c3ccccc3C#N)c3ccccc3c2-c2c1c1ccc(N(c3ccccc3)c3ccccc3C#N)cc1c1ccccc21. The van der Waals surface area contributed by atoms with Crippen LogP contribution >= 0.6 is 0 Å². The summed E-state index contributed by atoms with van der Waals surface area (Å²) in [6.07, 6.45) is 0. The number of hydrogen-bond acceptors (Lipinski definition) is 4. The largest absolute Gasteiger partial charge is 0.309 e. The molecule has 1 aliphatic rings. The summed E-state index contributed by atoms with van der Waals surface area (Å²) < 4.78 is 0. The second-order valence-electron chi connectivity index (χ2n) is 15.1. The van der Waals surface area contributed by atoms with Crippen LogP contribution in [0.4, 0.5) is 34.1 Å². The lowest BCUT2D eigenvalue weighted by Gasteiger charge is -2.30. The van der Waals surface area contributed by atoms with Gasteiger partial charge in [0, 0.05) is 27.9 Å². The monoisotopic (exact) mass is 728 g/mol. The van der Waals surface area contributed by atoms with Gasteiger partial charge in [0.05, 0.1) is 28.2 Å². The molecule has 0 radical (unpaired) electrons. The van der Waals surface area contributed by atoms with Crippen molar-refractivity contribution < 1.29 is 0 Å². The van der Waals surface area contributed by atoms with Gasteiger partial charge in [0.25, 0.3) is 0 Å². The van der Waals surface area contributed by atoms with Crippen molar-refractivity contribution in [2.24, 2.45) is 0 Å². The summed E-state index contributed by atoms with van der Waals surface area (Å²) in [5.41, 5.74) is 11.6. The number of fused-ring (bicyclic) bond motifs is 10. The van der Waals surface area contributed by atoms with E-state index in [2.05, 4.69) is 145 Å². The Labute approximate surface area is 332 Å².